The number of imide groups is 1. The highest BCUT2D eigenvalue weighted by molar-refractivity contribution is 7.11. The fraction of sp³-hybridized carbons (Fsp3) is 0.667. The monoisotopic (exact) mass is 447 g/mol. The van der Waals surface area contributed by atoms with Gasteiger partial charge in [-0.05, 0) is 17.9 Å². The average Bonchev–Trinajstić information content (AvgIpc) is 3.38. The van der Waals surface area contributed by atoms with Gasteiger partial charge >= 0.3 is 0 Å². The summed E-state index contributed by atoms with van der Waals surface area (Å²) >= 11 is 1.52. The van der Waals surface area contributed by atoms with Crippen LogP contribution in [-0.4, -0.2) is 77.5 Å². The Labute approximate surface area is 190 Å². The number of nitrogens with zero attached hydrogens (tertiary/aromatic N) is 3. The maximum atomic E-state index is 13.3. The maximum absolute atomic E-state index is 13.3. The molecule has 0 saturated carbocycles. The SMILES string of the molecule is CCCCCCCCCCN1C(=O)C(c2cccs2)=C(N2CCN(CCO)CC2)C1=O. The first-order valence-corrected chi connectivity index (χ1v) is 12.8. The number of piperazine rings is 1. The van der Waals surface area contributed by atoms with Gasteiger partial charge < -0.3 is 10.0 Å². The zero-order valence-corrected chi connectivity index (χ0v) is 19.7. The highest BCUT2D eigenvalue weighted by Gasteiger charge is 2.42. The van der Waals surface area contributed by atoms with Gasteiger partial charge in [0.25, 0.3) is 11.8 Å². The molecule has 0 aromatic carbocycles. The third-order valence-electron chi connectivity index (χ3n) is 6.25. The zero-order chi connectivity index (χ0) is 22.1. The van der Waals surface area contributed by atoms with Crippen LogP contribution in [-0.2, 0) is 9.59 Å². The minimum Gasteiger partial charge on any atom is -0.395 e. The molecule has 2 amide bonds. The molecule has 0 radical (unpaired) electrons. The fourth-order valence-electron chi connectivity index (χ4n) is 4.44. The summed E-state index contributed by atoms with van der Waals surface area (Å²) in [5, 5.41) is 11.1. The van der Waals surface area contributed by atoms with Gasteiger partial charge in [-0.1, -0.05) is 57.9 Å². The number of rotatable bonds is 13. The van der Waals surface area contributed by atoms with Crippen molar-refractivity contribution in [2.75, 3.05) is 45.9 Å². The Kier molecular flexibility index (Phi) is 9.55. The second kappa shape index (κ2) is 12.4. The zero-order valence-electron chi connectivity index (χ0n) is 18.9. The Bertz CT molecular complexity index is 739. The molecule has 1 aromatic rings. The normalized spacial score (nSPS) is 18.0. The molecular formula is C24H37N3O3S. The molecule has 6 nitrogen and oxygen atoms in total. The molecule has 1 fully saturated rings. The van der Waals surface area contributed by atoms with Crippen molar-refractivity contribution in [2.24, 2.45) is 0 Å². The summed E-state index contributed by atoms with van der Waals surface area (Å²) in [5.74, 6) is -0.268. The van der Waals surface area contributed by atoms with Gasteiger partial charge in [-0.3, -0.25) is 19.4 Å². The van der Waals surface area contributed by atoms with Gasteiger partial charge in [0.2, 0.25) is 0 Å². The lowest BCUT2D eigenvalue weighted by atomic mass is 10.1. The van der Waals surface area contributed by atoms with E-state index in [-0.39, 0.29) is 18.4 Å². The number of carbonyl (C=O) groups excluding carboxylic acids is 2. The van der Waals surface area contributed by atoms with Crippen LogP contribution in [0.25, 0.3) is 5.57 Å². The Hall–Kier alpha value is -1.70. The van der Waals surface area contributed by atoms with Crippen molar-refractivity contribution in [2.45, 2.75) is 58.3 Å². The van der Waals surface area contributed by atoms with E-state index in [1.807, 2.05) is 17.5 Å². The summed E-state index contributed by atoms with van der Waals surface area (Å²) in [5.41, 5.74) is 1.16. The molecule has 172 valence electrons. The van der Waals surface area contributed by atoms with E-state index in [2.05, 4.69) is 16.7 Å². The number of aliphatic hydroxyl groups is 1. The molecule has 0 atom stereocenters. The van der Waals surface area contributed by atoms with Crippen LogP contribution in [0.15, 0.2) is 23.2 Å². The Morgan fingerprint density at radius 2 is 1.58 bits per heavy atom. The molecule has 31 heavy (non-hydrogen) atoms. The second-order valence-electron chi connectivity index (χ2n) is 8.49. The number of amides is 2. The van der Waals surface area contributed by atoms with Crippen molar-refractivity contribution in [1.29, 1.82) is 0 Å². The second-order valence-corrected chi connectivity index (χ2v) is 9.44. The van der Waals surface area contributed by atoms with E-state index >= 15 is 0 Å². The topological polar surface area (TPSA) is 64.1 Å². The van der Waals surface area contributed by atoms with E-state index in [1.54, 1.807) is 0 Å². The summed E-state index contributed by atoms with van der Waals surface area (Å²) < 4.78 is 0. The minimum absolute atomic E-state index is 0.132. The number of hydrogen-bond acceptors (Lipinski definition) is 6. The van der Waals surface area contributed by atoms with Crippen molar-refractivity contribution in [3.63, 3.8) is 0 Å². The van der Waals surface area contributed by atoms with E-state index in [0.717, 1.165) is 30.8 Å². The molecule has 1 saturated heterocycles. The first-order valence-electron chi connectivity index (χ1n) is 11.9. The van der Waals surface area contributed by atoms with E-state index in [4.69, 9.17) is 0 Å². The lowest BCUT2D eigenvalue weighted by Crippen LogP contribution is -2.48. The Balaban J connectivity index is 1.60. The lowest BCUT2D eigenvalue weighted by Gasteiger charge is -2.36. The third kappa shape index (κ3) is 6.18. The van der Waals surface area contributed by atoms with Gasteiger partial charge in [-0.2, -0.15) is 0 Å². The number of hydrogen-bond donors (Lipinski definition) is 1. The van der Waals surface area contributed by atoms with Crippen molar-refractivity contribution in [1.82, 2.24) is 14.7 Å². The first-order chi connectivity index (χ1) is 15.2. The number of β-amino-alcohol motifs (C(OH)–C–C–N with tert-alkyl or cyclic N) is 1. The number of aliphatic hydroxyl groups excluding tert-OH is 1. The fourth-order valence-corrected chi connectivity index (χ4v) is 5.21. The van der Waals surface area contributed by atoms with Gasteiger partial charge in [0.15, 0.2) is 0 Å². The maximum Gasteiger partial charge on any atom is 0.277 e. The molecule has 1 aromatic heterocycles. The number of carbonyl (C=O) groups is 2. The third-order valence-corrected chi connectivity index (χ3v) is 7.14. The van der Waals surface area contributed by atoms with Gasteiger partial charge in [0, 0.05) is 44.1 Å². The van der Waals surface area contributed by atoms with E-state index in [1.165, 1.54) is 54.8 Å². The van der Waals surface area contributed by atoms with Crippen LogP contribution < -0.4 is 0 Å². The lowest BCUT2D eigenvalue weighted by molar-refractivity contribution is -0.137. The van der Waals surface area contributed by atoms with Crippen molar-refractivity contribution >= 4 is 28.7 Å². The molecule has 0 aliphatic carbocycles. The summed E-state index contributed by atoms with van der Waals surface area (Å²) in [6.07, 6.45) is 9.51. The molecule has 0 bridgehead atoms. The Morgan fingerprint density at radius 1 is 0.903 bits per heavy atom. The van der Waals surface area contributed by atoms with E-state index in [9.17, 15) is 14.7 Å². The average molecular weight is 448 g/mol. The molecule has 0 spiro atoms. The van der Waals surface area contributed by atoms with E-state index < -0.39 is 0 Å². The molecule has 3 rings (SSSR count). The van der Waals surface area contributed by atoms with Crippen LogP contribution in [0.5, 0.6) is 0 Å². The summed E-state index contributed by atoms with van der Waals surface area (Å²) in [6, 6.07) is 3.87. The standard InChI is InChI=1S/C24H37N3O3S/c1-2-3-4-5-6-7-8-9-12-27-23(29)21(20-11-10-19-31-20)22(24(27)30)26-15-13-25(14-16-26)17-18-28/h10-11,19,28H,2-9,12-18H2,1H3. The van der Waals surface area contributed by atoms with Crippen LogP contribution >= 0.6 is 11.3 Å². The van der Waals surface area contributed by atoms with Crippen LogP contribution in [0.1, 0.15) is 63.2 Å². The predicted octanol–water partition coefficient (Wildman–Crippen LogP) is 3.58. The Morgan fingerprint density at radius 3 is 2.19 bits per heavy atom. The molecule has 7 heteroatoms. The van der Waals surface area contributed by atoms with Crippen LogP contribution in [0.3, 0.4) is 0 Å². The van der Waals surface area contributed by atoms with Gasteiger partial charge in [-0.15, -0.1) is 11.3 Å². The largest absolute Gasteiger partial charge is 0.395 e. The van der Waals surface area contributed by atoms with Crippen LogP contribution in [0.4, 0.5) is 0 Å². The van der Waals surface area contributed by atoms with Gasteiger partial charge in [0.05, 0.1) is 12.2 Å². The summed E-state index contributed by atoms with van der Waals surface area (Å²) in [6.45, 7) is 6.53. The predicted molar refractivity (Wildman–Crippen MR) is 126 cm³/mol. The van der Waals surface area contributed by atoms with Crippen molar-refractivity contribution in [3.8, 4) is 0 Å². The van der Waals surface area contributed by atoms with Crippen molar-refractivity contribution < 1.29 is 14.7 Å². The highest BCUT2D eigenvalue weighted by Crippen LogP contribution is 2.34. The minimum atomic E-state index is -0.136. The van der Waals surface area contributed by atoms with Crippen LogP contribution in [0.2, 0.25) is 0 Å². The molecule has 0 unspecified atom stereocenters. The molecule has 2 aliphatic heterocycles. The quantitative estimate of drug-likeness (QED) is 0.370. The molecule has 1 N–H and O–H groups in total. The number of unbranched alkanes of at least 4 members (excludes halogenated alkanes) is 7. The number of thiophene rings is 1. The van der Waals surface area contributed by atoms with Gasteiger partial charge in [0.1, 0.15) is 5.70 Å². The molecule has 2 aliphatic rings. The van der Waals surface area contributed by atoms with Crippen LogP contribution in [0, 0.1) is 0 Å². The molecule has 3 heterocycles. The highest BCUT2D eigenvalue weighted by atomic mass is 32.1. The summed E-state index contributed by atoms with van der Waals surface area (Å²) in [7, 11) is 0. The smallest absolute Gasteiger partial charge is 0.277 e. The van der Waals surface area contributed by atoms with Gasteiger partial charge in [-0.25, -0.2) is 0 Å². The first kappa shape index (κ1) is 24.0. The summed E-state index contributed by atoms with van der Waals surface area (Å²) in [4.78, 5) is 33.2. The van der Waals surface area contributed by atoms with E-state index in [0.29, 0.717) is 37.4 Å². The van der Waals surface area contributed by atoms with Crippen molar-refractivity contribution in [3.05, 3.63) is 28.1 Å². The molecular weight excluding hydrogens is 410 g/mol.